The highest BCUT2D eigenvalue weighted by Gasteiger charge is 2.27. The zero-order chi connectivity index (χ0) is 9.45. The van der Waals surface area contributed by atoms with Gasteiger partial charge in [0, 0.05) is 14.2 Å². The Morgan fingerprint density at radius 1 is 1.42 bits per heavy atom. The van der Waals surface area contributed by atoms with Crippen LogP contribution in [0.2, 0.25) is 12.6 Å². The third-order valence-electron chi connectivity index (χ3n) is 1.82. The van der Waals surface area contributed by atoms with Gasteiger partial charge in [0.15, 0.2) is 0 Å². The van der Waals surface area contributed by atoms with Crippen LogP contribution in [-0.4, -0.2) is 38.7 Å². The summed E-state index contributed by atoms with van der Waals surface area (Å²) in [6.07, 6.45) is 1.15. The molecule has 0 spiro atoms. The Bertz CT molecular complexity index is 114. The van der Waals surface area contributed by atoms with E-state index in [2.05, 4.69) is 20.3 Å². The smallest absolute Gasteiger partial charge is 0.357 e. The SMILES string of the molecule is CO[Si](P)(CCCN[SiH2]C)OC. The standard InChI is InChI=1S/C6H20NO2PSi2/c1-8-12(10,9-2)6-4-5-7-11-3/h7H,4-6,10-11H2,1-3H3. The Morgan fingerprint density at radius 3 is 2.42 bits per heavy atom. The van der Waals surface area contributed by atoms with Crippen LogP contribution in [0.25, 0.3) is 0 Å². The number of hydrogen-bond donors (Lipinski definition) is 1. The van der Waals surface area contributed by atoms with Crippen molar-refractivity contribution in [3.63, 3.8) is 0 Å². The molecule has 0 fully saturated rings. The molecule has 6 heteroatoms. The summed E-state index contributed by atoms with van der Waals surface area (Å²) < 4.78 is 10.7. The fourth-order valence-corrected chi connectivity index (χ4v) is 3.38. The second-order valence-electron chi connectivity index (χ2n) is 2.68. The highest BCUT2D eigenvalue weighted by Crippen LogP contribution is 2.20. The fraction of sp³-hybridized carbons (Fsp3) is 1.00. The highest BCUT2D eigenvalue weighted by molar-refractivity contribution is 7.65. The number of rotatable bonds is 7. The molecule has 0 aromatic rings. The van der Waals surface area contributed by atoms with Crippen LogP contribution in [0.3, 0.4) is 0 Å². The first-order chi connectivity index (χ1) is 5.68. The maximum absolute atomic E-state index is 5.33. The quantitative estimate of drug-likeness (QED) is 0.381. The van der Waals surface area contributed by atoms with Gasteiger partial charge in [0.25, 0.3) is 0 Å². The van der Waals surface area contributed by atoms with E-state index in [4.69, 9.17) is 8.85 Å². The average molecular weight is 225 g/mol. The molecular weight excluding hydrogens is 205 g/mol. The van der Waals surface area contributed by atoms with E-state index in [0.29, 0.717) is 0 Å². The molecule has 0 aliphatic heterocycles. The first kappa shape index (κ1) is 12.7. The van der Waals surface area contributed by atoms with E-state index in [0.717, 1.165) is 19.0 Å². The van der Waals surface area contributed by atoms with Gasteiger partial charge in [0.05, 0.1) is 9.68 Å². The third-order valence-corrected chi connectivity index (χ3v) is 7.39. The minimum atomic E-state index is -1.86. The molecular formula is C6H20NO2PSi2. The van der Waals surface area contributed by atoms with E-state index in [1.165, 1.54) is 0 Å². The van der Waals surface area contributed by atoms with Crippen molar-refractivity contribution in [2.24, 2.45) is 0 Å². The maximum Gasteiger partial charge on any atom is 0.357 e. The van der Waals surface area contributed by atoms with Gasteiger partial charge in [-0.3, -0.25) is 0 Å². The van der Waals surface area contributed by atoms with E-state index < -0.39 is 8.23 Å². The maximum atomic E-state index is 5.33. The molecule has 0 aliphatic rings. The predicted octanol–water partition coefficient (Wildman–Crippen LogP) is 0.205. The van der Waals surface area contributed by atoms with Gasteiger partial charge in [-0.2, -0.15) is 0 Å². The predicted molar refractivity (Wildman–Crippen MR) is 61.3 cm³/mol. The van der Waals surface area contributed by atoms with Crippen LogP contribution in [0.5, 0.6) is 0 Å². The van der Waals surface area contributed by atoms with Crippen LogP contribution in [0.1, 0.15) is 6.42 Å². The summed E-state index contributed by atoms with van der Waals surface area (Å²) in [5, 5.41) is 0. The number of hydrogen-bond acceptors (Lipinski definition) is 3. The molecule has 1 atom stereocenters. The van der Waals surface area contributed by atoms with Crippen molar-refractivity contribution in [3.05, 3.63) is 0 Å². The molecule has 0 amide bonds. The largest absolute Gasteiger partial charge is 0.395 e. The molecule has 0 saturated heterocycles. The summed E-state index contributed by atoms with van der Waals surface area (Å²) in [5.41, 5.74) is 0. The minimum absolute atomic E-state index is 0.0143. The fourth-order valence-electron chi connectivity index (χ4n) is 0.924. The Hall–Kier alpha value is 0.744. The zero-order valence-corrected chi connectivity index (χ0v) is 11.8. The molecule has 1 N–H and O–H groups in total. The monoisotopic (exact) mass is 225 g/mol. The van der Waals surface area contributed by atoms with Gasteiger partial charge in [0.1, 0.15) is 0 Å². The Balaban J connectivity index is 3.45. The molecule has 0 radical (unpaired) electrons. The summed E-state index contributed by atoms with van der Waals surface area (Å²) in [6, 6.07) is 1.05. The lowest BCUT2D eigenvalue weighted by molar-refractivity contribution is 0.267. The van der Waals surface area contributed by atoms with Gasteiger partial charge in [-0.15, -0.1) is 0 Å². The van der Waals surface area contributed by atoms with Gasteiger partial charge in [-0.1, -0.05) is 15.3 Å². The molecule has 0 aromatic carbocycles. The second kappa shape index (κ2) is 7.18. The van der Waals surface area contributed by atoms with Gasteiger partial charge < -0.3 is 13.8 Å². The summed E-state index contributed by atoms with van der Waals surface area (Å²) in [5.74, 6) is 0. The van der Waals surface area contributed by atoms with E-state index in [1.54, 1.807) is 14.2 Å². The van der Waals surface area contributed by atoms with E-state index in [-0.39, 0.29) is 9.68 Å². The normalized spacial score (nSPS) is 13.0. The molecule has 0 rings (SSSR count). The molecule has 3 nitrogen and oxygen atoms in total. The van der Waals surface area contributed by atoms with E-state index in [9.17, 15) is 0 Å². The lowest BCUT2D eigenvalue weighted by atomic mass is 10.5. The van der Waals surface area contributed by atoms with Crippen molar-refractivity contribution < 1.29 is 8.85 Å². The molecule has 0 aromatic heterocycles. The van der Waals surface area contributed by atoms with Crippen LogP contribution in [0.4, 0.5) is 0 Å². The first-order valence-electron chi connectivity index (χ1n) is 4.28. The summed E-state index contributed by atoms with van der Waals surface area (Å²) >= 11 is 0. The minimum Gasteiger partial charge on any atom is -0.395 e. The molecule has 0 saturated carbocycles. The Morgan fingerprint density at radius 2 is 2.00 bits per heavy atom. The number of nitrogens with one attached hydrogen (secondary N) is 1. The summed E-state index contributed by atoms with van der Waals surface area (Å²) in [6.45, 7) is 3.36. The van der Waals surface area contributed by atoms with Gasteiger partial charge in [0.2, 0.25) is 0 Å². The first-order valence-corrected chi connectivity index (χ1v) is 10.2. The molecule has 12 heavy (non-hydrogen) atoms. The Kier molecular flexibility index (Phi) is 7.62. The highest BCUT2D eigenvalue weighted by atomic mass is 31.3. The van der Waals surface area contributed by atoms with Crippen LogP contribution < -0.4 is 4.98 Å². The van der Waals surface area contributed by atoms with Crippen molar-refractivity contribution in [2.45, 2.75) is 19.0 Å². The lowest BCUT2D eigenvalue weighted by Crippen LogP contribution is -2.33. The molecule has 0 bridgehead atoms. The van der Waals surface area contributed by atoms with Crippen LogP contribution >= 0.6 is 8.79 Å². The molecule has 1 unspecified atom stereocenters. The van der Waals surface area contributed by atoms with Crippen molar-refractivity contribution in [3.8, 4) is 0 Å². The van der Waals surface area contributed by atoms with Crippen LogP contribution in [0.15, 0.2) is 0 Å². The molecule has 0 aliphatic carbocycles. The van der Waals surface area contributed by atoms with Crippen LogP contribution in [-0.2, 0) is 8.85 Å². The van der Waals surface area contributed by atoms with Crippen molar-refractivity contribution in [1.82, 2.24) is 4.98 Å². The van der Waals surface area contributed by atoms with Crippen molar-refractivity contribution >= 4 is 26.7 Å². The van der Waals surface area contributed by atoms with Crippen molar-refractivity contribution in [1.29, 1.82) is 0 Å². The Labute approximate surface area is 80.8 Å². The third kappa shape index (κ3) is 5.40. The second-order valence-corrected chi connectivity index (χ2v) is 9.46. The van der Waals surface area contributed by atoms with E-state index in [1.807, 2.05) is 0 Å². The van der Waals surface area contributed by atoms with Gasteiger partial charge in [-0.05, 0) is 19.0 Å². The van der Waals surface area contributed by atoms with Gasteiger partial charge >= 0.3 is 8.23 Å². The molecule has 74 valence electrons. The summed E-state index contributed by atoms with van der Waals surface area (Å²) in [4.78, 5) is 3.41. The average Bonchev–Trinajstić information content (AvgIpc) is 2.12. The molecule has 0 heterocycles. The van der Waals surface area contributed by atoms with E-state index >= 15 is 0 Å². The van der Waals surface area contributed by atoms with Gasteiger partial charge in [-0.25, -0.2) is 0 Å². The lowest BCUT2D eigenvalue weighted by Gasteiger charge is -2.22. The topological polar surface area (TPSA) is 30.5 Å². The summed E-state index contributed by atoms with van der Waals surface area (Å²) in [7, 11) is 4.35. The van der Waals surface area contributed by atoms with Crippen LogP contribution in [0, 0.1) is 0 Å². The van der Waals surface area contributed by atoms with Crippen molar-refractivity contribution in [2.75, 3.05) is 20.8 Å². The zero-order valence-electron chi connectivity index (χ0n) is 8.22.